The monoisotopic (exact) mass is 1830 g/mol. The van der Waals surface area contributed by atoms with E-state index in [2.05, 4.69) is 49.9 Å². The summed E-state index contributed by atoms with van der Waals surface area (Å²) in [5.74, 6) is -3.65. The van der Waals surface area contributed by atoms with Gasteiger partial charge in [0.05, 0.1) is 32.7 Å². The zero-order valence-electron chi connectivity index (χ0n) is 66.0. The van der Waals surface area contributed by atoms with Crippen LogP contribution in [0, 0.1) is 48.9 Å². The lowest BCUT2D eigenvalue weighted by atomic mass is 9.82. The Balaban J connectivity index is 0.000000206. The average molecular weight is 1840 g/mol. The minimum absolute atomic E-state index is 0. The molecule has 126 heavy (non-hydrogen) atoms. The topological polar surface area (TPSA) is 469 Å². The molecule has 3 aliphatic rings. The number of alkyl halides is 3. The van der Waals surface area contributed by atoms with E-state index in [1.54, 1.807) is 121 Å². The number of rotatable bonds is 10. The number of aromatic nitrogens is 8. The molecule has 0 bridgehead atoms. The van der Waals surface area contributed by atoms with Crippen molar-refractivity contribution in [2.45, 2.75) is 78.7 Å². The number of nitrogen functional groups attached to an aromatic ring is 2. The predicted molar refractivity (Wildman–Crippen MR) is 456 cm³/mol. The van der Waals surface area contributed by atoms with Gasteiger partial charge in [-0.05, 0) is 164 Å². The molecule has 8 aromatic heterocycles. The zero-order chi connectivity index (χ0) is 91.2. The molecule has 45 heteroatoms. The van der Waals surface area contributed by atoms with E-state index in [1.165, 1.54) is 90.5 Å². The number of hydrogen-bond acceptors (Lipinski definition) is 28. The molecule has 0 spiro atoms. The van der Waals surface area contributed by atoms with Crippen LogP contribution in [0.5, 0.6) is 17.2 Å². The number of aryl methyl sites for hydroxylation is 1. The molecule has 0 unspecified atom stereocenters. The normalized spacial score (nSPS) is 11.5. The highest BCUT2D eigenvalue weighted by Crippen LogP contribution is 2.34. The van der Waals surface area contributed by atoms with Crippen LogP contribution < -0.4 is 41.4 Å². The van der Waals surface area contributed by atoms with E-state index in [-0.39, 0.29) is 88.2 Å². The van der Waals surface area contributed by atoms with Crippen molar-refractivity contribution < 1.29 is 89.7 Å². The number of nitrogens with zero attached hydrogens (tertiary/aromatic N) is 14. The first-order chi connectivity index (χ1) is 59.3. The smallest absolute Gasteiger partial charge is 0.444 e. The van der Waals surface area contributed by atoms with Gasteiger partial charge in [0.15, 0.2) is 0 Å². The minimum Gasteiger partial charge on any atom is -0.444 e. The van der Waals surface area contributed by atoms with Gasteiger partial charge in [-0.2, -0.15) is 18.1 Å². The standard InChI is InChI=1S/C24H16N4O6.C12H15ClN2O2.C11H7F2N3O2.C10H9F3N2O.C7H7ClN2.C7H5ClO2.C5H6BNO2.C5H4ClN3O2.ClH/c29-23(33-18-7-3-1-4-8-18)27(24(30)34-19-9-5-2-6-10-19)22-21(28(31)32)12-11-20(26-22)17-13-15-25-16-14-17;1-12(2,3)17-11(16)15-6-8-4-10(13)14-5-9(8)7-15;12-6-1-2-7(8(13)5-6)9-3-4-10(16(17)18)11(14)15-9;1-6-2-7-4-15(5-8(7)3-14-6)9(16)10(11,12)13;8-7-1-5-2-9-3-6(5)4-10-7;8-7(9)10-6-4-2-1-3-5-6;8-6(9)5-2-1-3-7-4-5;6-4-2-1-3(9(10)11)5(7)8-4;/h1-16H;4-5H,6-7H2,1-3H3;1-5H,(H2,14,15);2-3H,4-5H2,1H3;1,4,9H,2-3H2;1-5H;1-4,8-9H;1-2H,(H2,7,8);1H. The molecular weight excluding hydrogens is 1770 g/mol. The Labute approximate surface area is 738 Å². The van der Waals surface area contributed by atoms with E-state index in [9.17, 15) is 76.3 Å². The second-order valence-corrected chi connectivity index (χ2v) is 28.0. The first kappa shape index (κ1) is 99.0. The van der Waals surface area contributed by atoms with Crippen LogP contribution >= 0.6 is 58.8 Å². The molecule has 0 saturated carbocycles. The molecule has 0 fully saturated rings. The number of carbonyl (C=O) groups is 5. The number of nitro groups is 3. The molecule has 3 aliphatic heterocycles. The SMILES string of the molecule is CC(C)(C)OC(=O)N1Cc2cnc(Cl)cc2C1.Cc1cc2c(cn1)CN(C(=O)C(F)(F)F)C2.Cl.Clc1cc2c(cn1)CNC2.Nc1nc(-c2ccc(F)cc2F)ccc1[N+](=O)[O-].Nc1nc(Cl)ccc1[N+](=O)[O-].O=C(Cl)Oc1ccccc1.O=C(Oc1ccccc1)N(C(=O)Oc1ccccc1)c1nc(-c2ccncc2)ccc1[N+](=O)[O-].OB(O)c1cccnc1. The van der Waals surface area contributed by atoms with Crippen molar-refractivity contribution in [1.82, 2.24) is 55.0 Å². The van der Waals surface area contributed by atoms with Gasteiger partial charge in [0.1, 0.15) is 49.9 Å². The van der Waals surface area contributed by atoms with Gasteiger partial charge >= 0.3 is 60.0 Å². The van der Waals surface area contributed by atoms with Gasteiger partial charge < -0.3 is 50.7 Å². The molecule has 34 nitrogen and oxygen atoms in total. The Hall–Kier alpha value is -14.1. The highest BCUT2D eigenvalue weighted by atomic mass is 35.5. The molecule has 0 aliphatic carbocycles. The summed E-state index contributed by atoms with van der Waals surface area (Å²) in [5, 5.41) is 54.0. The quantitative estimate of drug-likeness (QED) is 0.0212. The Morgan fingerprint density at radius 1 is 0.532 bits per heavy atom. The first-order valence-corrected chi connectivity index (χ1v) is 37.6. The molecule has 15 rings (SSSR count). The number of carbonyl (C=O) groups excluding carboxylic acids is 5. The second-order valence-electron chi connectivity index (χ2n) is 26.6. The maximum absolute atomic E-state index is 13.5. The van der Waals surface area contributed by atoms with E-state index in [0.29, 0.717) is 56.7 Å². The zero-order valence-corrected chi connectivity index (χ0v) is 69.8. The number of benzene rings is 4. The van der Waals surface area contributed by atoms with Gasteiger partial charge in [-0.15, -0.1) is 12.4 Å². The van der Waals surface area contributed by atoms with Crippen LogP contribution in [0.15, 0.2) is 231 Å². The summed E-state index contributed by atoms with van der Waals surface area (Å²) in [4.78, 5) is 124. The fraction of sp³-hybridized carbons (Fsp3) is 0.148. The van der Waals surface area contributed by atoms with Crippen molar-refractivity contribution >= 4 is 136 Å². The first-order valence-electron chi connectivity index (χ1n) is 36.1. The Kier molecular flexibility index (Phi) is 36.9. The van der Waals surface area contributed by atoms with Gasteiger partial charge in [0.2, 0.25) is 17.5 Å². The number of para-hydroxylation sites is 3. The predicted octanol–water partition coefficient (Wildman–Crippen LogP) is 16.7. The van der Waals surface area contributed by atoms with Crippen molar-refractivity contribution in [2.75, 3.05) is 16.4 Å². The van der Waals surface area contributed by atoms with Crippen LogP contribution in [-0.2, 0) is 48.8 Å². The third-order valence-electron chi connectivity index (χ3n) is 16.4. The highest BCUT2D eigenvalue weighted by Gasteiger charge is 2.44. The van der Waals surface area contributed by atoms with Crippen molar-refractivity contribution in [3.63, 3.8) is 0 Å². The van der Waals surface area contributed by atoms with Gasteiger partial charge in [-0.1, -0.05) is 95.5 Å². The number of fused-ring (bicyclic) bond motifs is 3. The average Bonchev–Trinajstić information content (AvgIpc) is 1.28. The number of halogens is 10. The number of hydrogen-bond donors (Lipinski definition) is 5. The second kappa shape index (κ2) is 46.9. The number of pyridine rings is 8. The van der Waals surface area contributed by atoms with E-state index in [1.807, 2.05) is 39.1 Å². The van der Waals surface area contributed by atoms with Gasteiger partial charge in [0, 0.05) is 134 Å². The van der Waals surface area contributed by atoms with Crippen molar-refractivity contribution in [1.29, 1.82) is 0 Å². The Morgan fingerprint density at radius 3 is 1.52 bits per heavy atom. The number of nitrogens with two attached hydrogens (primary N) is 2. The van der Waals surface area contributed by atoms with Crippen LogP contribution in [0.2, 0.25) is 15.5 Å². The van der Waals surface area contributed by atoms with Gasteiger partial charge in [-0.25, -0.2) is 52.9 Å². The van der Waals surface area contributed by atoms with Crippen molar-refractivity contribution in [3.8, 4) is 39.8 Å². The maximum atomic E-state index is 13.5. The lowest BCUT2D eigenvalue weighted by Gasteiger charge is -2.24. The van der Waals surface area contributed by atoms with E-state index >= 15 is 0 Å². The van der Waals surface area contributed by atoms with Crippen LogP contribution in [0.25, 0.3) is 22.5 Å². The van der Waals surface area contributed by atoms with E-state index < -0.39 is 80.3 Å². The number of amides is 4. The Morgan fingerprint density at radius 2 is 1.02 bits per heavy atom. The van der Waals surface area contributed by atoms with Crippen LogP contribution in [-0.4, -0.2) is 123 Å². The summed E-state index contributed by atoms with van der Waals surface area (Å²) in [5.41, 5.74) is 16.3. The summed E-state index contributed by atoms with van der Waals surface area (Å²) < 4.78 is 83.2. The molecule has 0 saturated heterocycles. The highest BCUT2D eigenvalue weighted by molar-refractivity contribution is 6.61. The molecule has 7 N–H and O–H groups in total. The molecule has 12 aromatic rings. The van der Waals surface area contributed by atoms with Crippen LogP contribution in [0.4, 0.5) is 75.6 Å². The minimum atomic E-state index is -4.80. The number of nitrogens with one attached hydrogen (secondary N) is 1. The molecule has 654 valence electrons. The van der Waals surface area contributed by atoms with E-state index in [4.69, 9.17) is 82.1 Å². The summed E-state index contributed by atoms with van der Waals surface area (Å²) in [6, 6.07) is 46.9. The van der Waals surface area contributed by atoms with Gasteiger partial charge in [-0.3, -0.25) is 55.0 Å². The maximum Gasteiger partial charge on any atom is 0.490 e. The molecule has 11 heterocycles. The molecule has 0 atom stereocenters. The fourth-order valence-corrected chi connectivity index (χ4v) is 11.3. The van der Waals surface area contributed by atoms with Crippen LogP contribution in [0.3, 0.4) is 0 Å². The molecule has 4 amide bonds. The lowest BCUT2D eigenvalue weighted by Crippen LogP contribution is -2.42. The molecular formula is C81H70BCl5F5N17O17. The van der Waals surface area contributed by atoms with Crippen molar-refractivity contribution in [3.05, 3.63) is 328 Å². The number of imide groups is 1. The molecule has 4 aromatic carbocycles. The van der Waals surface area contributed by atoms with Gasteiger partial charge in [0.25, 0.3) is 0 Å². The third kappa shape index (κ3) is 30.7. The summed E-state index contributed by atoms with van der Waals surface area (Å²) in [7, 11) is -1.40. The lowest BCUT2D eigenvalue weighted by molar-refractivity contribution is -0.384. The Bertz CT molecular complexity index is 5740. The summed E-state index contributed by atoms with van der Waals surface area (Å²) in [6.45, 7) is 10.2. The third-order valence-corrected chi connectivity index (χ3v) is 17.1. The summed E-state index contributed by atoms with van der Waals surface area (Å²) in [6.07, 6.45) is 3.52. The summed E-state index contributed by atoms with van der Waals surface area (Å²) >= 11 is 21.9. The van der Waals surface area contributed by atoms with Crippen LogP contribution in [0.1, 0.15) is 59.8 Å². The fourth-order valence-electron chi connectivity index (χ4n) is 10.7. The molecule has 0 radical (unpaired) electrons. The largest absolute Gasteiger partial charge is 0.490 e. The number of anilines is 3. The number of ether oxygens (including phenoxy) is 4. The van der Waals surface area contributed by atoms with E-state index in [0.717, 1.165) is 58.6 Å². The van der Waals surface area contributed by atoms with Crippen molar-refractivity contribution in [2.24, 2.45) is 0 Å².